The smallest absolute Gasteiger partial charge is 0.0469 e. The van der Waals surface area contributed by atoms with Gasteiger partial charge in [-0.3, -0.25) is 0 Å². The van der Waals surface area contributed by atoms with E-state index in [-0.39, 0.29) is 0 Å². The van der Waals surface area contributed by atoms with Crippen LogP contribution in [0.1, 0.15) is 31.4 Å². The first-order valence-corrected chi connectivity index (χ1v) is 7.63. The van der Waals surface area contributed by atoms with Crippen LogP contribution in [0.15, 0.2) is 42.5 Å². The summed E-state index contributed by atoms with van der Waals surface area (Å²) in [4.78, 5) is 0. The number of hydrogen-bond acceptors (Lipinski definition) is 2. The van der Waals surface area contributed by atoms with Crippen LogP contribution >= 0.6 is 0 Å². The molecule has 106 valence electrons. The van der Waals surface area contributed by atoms with Gasteiger partial charge in [-0.2, -0.15) is 0 Å². The molecule has 2 aromatic carbocycles. The molecule has 3 rings (SSSR count). The minimum Gasteiger partial charge on any atom is -0.381 e. The van der Waals surface area contributed by atoms with Crippen molar-refractivity contribution in [3.05, 3.63) is 48.0 Å². The second-order valence-electron chi connectivity index (χ2n) is 5.79. The Morgan fingerprint density at radius 3 is 2.65 bits per heavy atom. The lowest BCUT2D eigenvalue weighted by atomic mass is 9.98. The largest absolute Gasteiger partial charge is 0.381 e. The summed E-state index contributed by atoms with van der Waals surface area (Å²) in [5.74, 6) is 0.770. The van der Waals surface area contributed by atoms with E-state index >= 15 is 0 Å². The van der Waals surface area contributed by atoms with Crippen molar-refractivity contribution in [1.29, 1.82) is 0 Å². The molecular weight excluding hydrogens is 246 g/mol. The quantitative estimate of drug-likeness (QED) is 0.908. The first kappa shape index (κ1) is 13.6. The normalized spacial score (nSPS) is 18.2. The predicted molar refractivity (Wildman–Crippen MR) is 83.9 cm³/mol. The van der Waals surface area contributed by atoms with Gasteiger partial charge >= 0.3 is 0 Å². The fraction of sp³-hybridized carbons (Fsp3) is 0.444. The SMILES string of the molecule is CC(NCC1CCOCC1)c1ccc2ccccc2c1. The van der Waals surface area contributed by atoms with E-state index in [0.29, 0.717) is 6.04 Å². The molecule has 0 saturated carbocycles. The van der Waals surface area contributed by atoms with Crippen molar-refractivity contribution in [3.63, 3.8) is 0 Å². The third-order valence-corrected chi connectivity index (χ3v) is 4.33. The van der Waals surface area contributed by atoms with Gasteiger partial charge in [0.05, 0.1) is 0 Å². The predicted octanol–water partition coefficient (Wildman–Crippen LogP) is 3.92. The Morgan fingerprint density at radius 1 is 1.10 bits per heavy atom. The van der Waals surface area contributed by atoms with E-state index < -0.39 is 0 Å². The first-order chi connectivity index (χ1) is 9.83. The van der Waals surface area contributed by atoms with Gasteiger partial charge in [0.25, 0.3) is 0 Å². The van der Waals surface area contributed by atoms with Crippen LogP contribution in [0, 0.1) is 5.92 Å². The molecule has 1 heterocycles. The third kappa shape index (κ3) is 3.20. The Hall–Kier alpha value is -1.38. The summed E-state index contributed by atoms with van der Waals surface area (Å²) in [6.07, 6.45) is 2.38. The van der Waals surface area contributed by atoms with Crippen molar-refractivity contribution in [2.75, 3.05) is 19.8 Å². The fourth-order valence-electron chi connectivity index (χ4n) is 2.89. The standard InChI is InChI=1S/C18H23NO/c1-14(19-13-15-8-10-20-11-9-15)17-7-6-16-4-2-3-5-18(16)12-17/h2-7,12,14-15,19H,8-11,13H2,1H3. The van der Waals surface area contributed by atoms with Gasteiger partial charge in [0.2, 0.25) is 0 Å². The molecule has 1 fully saturated rings. The van der Waals surface area contributed by atoms with Crippen molar-refractivity contribution < 1.29 is 4.74 Å². The van der Waals surface area contributed by atoms with E-state index in [9.17, 15) is 0 Å². The van der Waals surface area contributed by atoms with Crippen LogP contribution in [0.5, 0.6) is 0 Å². The van der Waals surface area contributed by atoms with Gasteiger partial charge in [-0.1, -0.05) is 36.4 Å². The maximum atomic E-state index is 5.41. The lowest BCUT2D eigenvalue weighted by Crippen LogP contribution is -2.29. The molecule has 2 heteroatoms. The average Bonchev–Trinajstić information content (AvgIpc) is 2.53. The maximum Gasteiger partial charge on any atom is 0.0469 e. The van der Waals surface area contributed by atoms with Crippen molar-refractivity contribution in [3.8, 4) is 0 Å². The zero-order valence-corrected chi connectivity index (χ0v) is 12.1. The molecule has 0 bridgehead atoms. The summed E-state index contributed by atoms with van der Waals surface area (Å²) in [5, 5.41) is 6.31. The number of fused-ring (bicyclic) bond motifs is 1. The highest BCUT2D eigenvalue weighted by molar-refractivity contribution is 5.83. The van der Waals surface area contributed by atoms with Crippen LogP contribution in [-0.4, -0.2) is 19.8 Å². The van der Waals surface area contributed by atoms with Gasteiger partial charge in [0.15, 0.2) is 0 Å². The molecule has 1 aliphatic heterocycles. The van der Waals surface area contributed by atoms with Crippen LogP contribution in [-0.2, 0) is 4.74 Å². The van der Waals surface area contributed by atoms with Gasteiger partial charge in [-0.25, -0.2) is 0 Å². The minimum atomic E-state index is 0.405. The molecule has 0 aromatic heterocycles. The molecule has 0 radical (unpaired) electrons. The highest BCUT2D eigenvalue weighted by atomic mass is 16.5. The molecule has 1 atom stereocenters. The number of hydrogen-bond donors (Lipinski definition) is 1. The van der Waals surface area contributed by atoms with Crippen molar-refractivity contribution in [1.82, 2.24) is 5.32 Å². The maximum absolute atomic E-state index is 5.41. The van der Waals surface area contributed by atoms with E-state index in [0.717, 1.165) is 25.7 Å². The minimum absolute atomic E-state index is 0.405. The zero-order valence-electron chi connectivity index (χ0n) is 12.1. The van der Waals surface area contributed by atoms with E-state index in [4.69, 9.17) is 4.74 Å². The van der Waals surface area contributed by atoms with E-state index in [1.165, 1.54) is 29.2 Å². The van der Waals surface area contributed by atoms with E-state index in [1.807, 2.05) is 0 Å². The molecular formula is C18H23NO. The molecule has 1 unspecified atom stereocenters. The van der Waals surface area contributed by atoms with Gasteiger partial charge < -0.3 is 10.1 Å². The molecule has 0 aliphatic carbocycles. The molecule has 1 saturated heterocycles. The number of benzene rings is 2. The highest BCUT2D eigenvalue weighted by Gasteiger charge is 2.15. The van der Waals surface area contributed by atoms with Crippen LogP contribution in [0.3, 0.4) is 0 Å². The summed E-state index contributed by atoms with van der Waals surface area (Å²) < 4.78 is 5.41. The Kier molecular flexibility index (Phi) is 4.34. The summed E-state index contributed by atoms with van der Waals surface area (Å²) in [7, 11) is 0. The lowest BCUT2D eigenvalue weighted by molar-refractivity contribution is 0.0656. The summed E-state index contributed by atoms with van der Waals surface area (Å²) in [6, 6.07) is 15.7. The molecule has 0 amide bonds. The Morgan fingerprint density at radius 2 is 1.85 bits per heavy atom. The number of ether oxygens (including phenoxy) is 1. The second kappa shape index (κ2) is 6.38. The Balaban J connectivity index is 1.64. The topological polar surface area (TPSA) is 21.3 Å². The van der Waals surface area contributed by atoms with E-state index in [1.54, 1.807) is 0 Å². The van der Waals surface area contributed by atoms with Crippen LogP contribution in [0.2, 0.25) is 0 Å². The first-order valence-electron chi connectivity index (χ1n) is 7.63. The molecule has 2 aromatic rings. The lowest BCUT2D eigenvalue weighted by Gasteiger charge is -2.24. The third-order valence-electron chi connectivity index (χ3n) is 4.33. The highest BCUT2D eigenvalue weighted by Crippen LogP contribution is 2.21. The molecule has 0 spiro atoms. The summed E-state index contributed by atoms with van der Waals surface area (Å²) >= 11 is 0. The summed E-state index contributed by atoms with van der Waals surface area (Å²) in [5.41, 5.74) is 1.37. The second-order valence-corrected chi connectivity index (χ2v) is 5.79. The van der Waals surface area contributed by atoms with Gasteiger partial charge in [-0.15, -0.1) is 0 Å². The molecule has 2 nitrogen and oxygen atoms in total. The van der Waals surface area contributed by atoms with Gasteiger partial charge in [-0.05, 0) is 54.6 Å². The van der Waals surface area contributed by atoms with Crippen LogP contribution in [0.4, 0.5) is 0 Å². The molecule has 20 heavy (non-hydrogen) atoms. The van der Waals surface area contributed by atoms with Gasteiger partial charge in [0.1, 0.15) is 0 Å². The summed E-state index contributed by atoms with van der Waals surface area (Å²) in [6.45, 7) is 5.20. The Bertz CT molecular complexity index is 560. The van der Waals surface area contributed by atoms with Crippen molar-refractivity contribution in [2.45, 2.75) is 25.8 Å². The van der Waals surface area contributed by atoms with Crippen LogP contribution < -0.4 is 5.32 Å². The van der Waals surface area contributed by atoms with Crippen LogP contribution in [0.25, 0.3) is 10.8 Å². The zero-order chi connectivity index (χ0) is 13.8. The average molecular weight is 269 g/mol. The molecule has 1 N–H and O–H groups in total. The number of nitrogens with one attached hydrogen (secondary N) is 1. The number of rotatable bonds is 4. The fourth-order valence-corrected chi connectivity index (χ4v) is 2.89. The van der Waals surface area contributed by atoms with Crippen molar-refractivity contribution in [2.24, 2.45) is 5.92 Å². The Labute approximate surface area is 121 Å². The van der Waals surface area contributed by atoms with E-state index in [2.05, 4.69) is 54.7 Å². The molecule has 1 aliphatic rings. The van der Waals surface area contributed by atoms with Crippen molar-refractivity contribution >= 4 is 10.8 Å². The van der Waals surface area contributed by atoms with Gasteiger partial charge in [0, 0.05) is 19.3 Å². The monoisotopic (exact) mass is 269 g/mol.